The van der Waals surface area contributed by atoms with Crippen molar-refractivity contribution in [2.45, 2.75) is 32.2 Å². The molecule has 2 rings (SSSR count). The van der Waals surface area contributed by atoms with Crippen molar-refractivity contribution >= 4 is 0 Å². The molecule has 0 amide bonds. The molecule has 106 valence electrons. The highest BCUT2D eigenvalue weighted by Gasteiger charge is 2.15. The van der Waals surface area contributed by atoms with E-state index in [0.29, 0.717) is 0 Å². The van der Waals surface area contributed by atoms with Gasteiger partial charge in [0.2, 0.25) is 0 Å². The van der Waals surface area contributed by atoms with Gasteiger partial charge in [0.15, 0.2) is 0 Å². The Morgan fingerprint density at radius 3 is 2.89 bits per heavy atom. The number of hydrogen-bond acceptors (Lipinski definition) is 3. The van der Waals surface area contributed by atoms with Gasteiger partial charge in [0.1, 0.15) is 0 Å². The first-order valence-electron chi connectivity index (χ1n) is 7.25. The minimum atomic E-state index is 0.149. The Hall–Kier alpha value is -1.13. The summed E-state index contributed by atoms with van der Waals surface area (Å²) in [5.41, 5.74) is 2.78. The number of hydrogen-bond donors (Lipinski definition) is 1. The van der Waals surface area contributed by atoms with Crippen LogP contribution in [0.5, 0.6) is 0 Å². The Kier molecular flexibility index (Phi) is 5.16. The molecule has 0 aromatic carbocycles. The second kappa shape index (κ2) is 6.87. The third-order valence-corrected chi connectivity index (χ3v) is 3.72. The quantitative estimate of drug-likeness (QED) is 0.742. The summed E-state index contributed by atoms with van der Waals surface area (Å²) in [6, 6.07) is 3.72. The maximum absolute atomic E-state index is 11.9. The van der Waals surface area contributed by atoms with Gasteiger partial charge in [-0.2, -0.15) is 0 Å². The average molecular weight is 263 g/mol. The number of nitrogens with zero attached hydrogens (tertiary/aromatic N) is 2. The molecule has 0 saturated heterocycles. The highest BCUT2D eigenvalue weighted by molar-refractivity contribution is 5.25. The van der Waals surface area contributed by atoms with Gasteiger partial charge in [0, 0.05) is 24.8 Å². The van der Waals surface area contributed by atoms with Crippen LogP contribution in [-0.4, -0.2) is 43.2 Å². The molecule has 0 bridgehead atoms. The van der Waals surface area contributed by atoms with Gasteiger partial charge >= 0.3 is 0 Å². The molecule has 1 N–H and O–H groups in total. The fourth-order valence-corrected chi connectivity index (χ4v) is 2.72. The van der Waals surface area contributed by atoms with E-state index in [0.717, 1.165) is 45.4 Å². The number of rotatable bonds is 7. The van der Waals surface area contributed by atoms with Crippen LogP contribution >= 0.6 is 0 Å². The number of fused-ring (bicyclic) bond motifs is 1. The van der Waals surface area contributed by atoms with E-state index in [1.165, 1.54) is 17.7 Å². The second-order valence-electron chi connectivity index (χ2n) is 5.56. The number of pyridine rings is 1. The van der Waals surface area contributed by atoms with Crippen molar-refractivity contribution in [1.82, 2.24) is 14.8 Å². The standard InChI is InChI=1S/C15H25N3O/c1-17(2)11-4-9-16-10-12-18-14-6-3-5-13(14)7-8-15(18)19/h7-8,16H,3-6,9-12H2,1-2H3. The van der Waals surface area contributed by atoms with Gasteiger partial charge in [-0.25, -0.2) is 0 Å². The van der Waals surface area contributed by atoms with Gasteiger partial charge in [-0.3, -0.25) is 4.79 Å². The van der Waals surface area contributed by atoms with Gasteiger partial charge in [-0.1, -0.05) is 6.07 Å². The van der Waals surface area contributed by atoms with Gasteiger partial charge in [-0.05, 0) is 58.4 Å². The molecular formula is C15H25N3O. The third kappa shape index (κ3) is 3.91. The number of nitrogens with one attached hydrogen (secondary N) is 1. The second-order valence-corrected chi connectivity index (χ2v) is 5.56. The highest BCUT2D eigenvalue weighted by Crippen LogP contribution is 2.19. The monoisotopic (exact) mass is 263 g/mol. The first kappa shape index (κ1) is 14.3. The Labute approximate surface area is 115 Å². The molecule has 1 aromatic heterocycles. The van der Waals surface area contributed by atoms with Crippen LogP contribution in [0.25, 0.3) is 0 Å². The fourth-order valence-electron chi connectivity index (χ4n) is 2.72. The van der Waals surface area contributed by atoms with Gasteiger partial charge in [0.25, 0.3) is 5.56 Å². The van der Waals surface area contributed by atoms with Gasteiger partial charge < -0.3 is 14.8 Å². The zero-order chi connectivity index (χ0) is 13.7. The van der Waals surface area contributed by atoms with Crippen LogP contribution in [0.1, 0.15) is 24.1 Å². The summed E-state index contributed by atoms with van der Waals surface area (Å²) < 4.78 is 1.96. The van der Waals surface area contributed by atoms with Crippen LogP contribution in [-0.2, 0) is 19.4 Å². The van der Waals surface area contributed by atoms with Crippen molar-refractivity contribution in [3.8, 4) is 0 Å². The lowest BCUT2D eigenvalue weighted by molar-refractivity contribution is 0.393. The van der Waals surface area contributed by atoms with Gasteiger partial charge in [0.05, 0.1) is 0 Å². The lowest BCUT2D eigenvalue weighted by Crippen LogP contribution is -2.30. The topological polar surface area (TPSA) is 37.3 Å². The molecule has 0 unspecified atom stereocenters. The first-order valence-corrected chi connectivity index (χ1v) is 7.25. The zero-order valence-corrected chi connectivity index (χ0v) is 12.1. The molecule has 0 atom stereocenters. The molecule has 1 aliphatic carbocycles. The smallest absolute Gasteiger partial charge is 0.250 e. The Bertz CT molecular complexity index is 465. The summed E-state index contributed by atoms with van der Waals surface area (Å²) in [5.74, 6) is 0. The predicted octanol–water partition coefficient (Wildman–Crippen LogP) is 0.878. The average Bonchev–Trinajstić information content (AvgIpc) is 2.83. The minimum Gasteiger partial charge on any atom is -0.315 e. The van der Waals surface area contributed by atoms with E-state index in [2.05, 4.69) is 24.3 Å². The molecule has 0 aliphatic heterocycles. The first-order chi connectivity index (χ1) is 9.18. The molecule has 19 heavy (non-hydrogen) atoms. The summed E-state index contributed by atoms with van der Waals surface area (Å²) in [4.78, 5) is 14.1. The molecule has 1 heterocycles. The van der Waals surface area contributed by atoms with Crippen molar-refractivity contribution in [2.75, 3.05) is 33.7 Å². The van der Waals surface area contributed by atoms with E-state index in [9.17, 15) is 4.79 Å². The lowest BCUT2D eigenvalue weighted by atomic mass is 10.2. The van der Waals surface area contributed by atoms with E-state index < -0.39 is 0 Å². The van der Waals surface area contributed by atoms with E-state index in [4.69, 9.17) is 0 Å². The Balaban J connectivity index is 1.80. The summed E-state index contributed by atoms with van der Waals surface area (Å²) in [6.45, 7) is 3.80. The predicted molar refractivity (Wildman–Crippen MR) is 78.8 cm³/mol. The third-order valence-electron chi connectivity index (χ3n) is 3.72. The molecular weight excluding hydrogens is 238 g/mol. The van der Waals surface area contributed by atoms with Crippen molar-refractivity contribution in [1.29, 1.82) is 0 Å². The lowest BCUT2D eigenvalue weighted by Gasteiger charge is -2.13. The Morgan fingerprint density at radius 1 is 1.26 bits per heavy atom. The van der Waals surface area contributed by atoms with Crippen LogP contribution < -0.4 is 10.9 Å². The van der Waals surface area contributed by atoms with Crippen LogP contribution in [0, 0.1) is 0 Å². The van der Waals surface area contributed by atoms with Crippen molar-refractivity contribution in [2.24, 2.45) is 0 Å². The van der Waals surface area contributed by atoms with E-state index >= 15 is 0 Å². The number of aryl methyl sites for hydroxylation is 1. The maximum atomic E-state index is 11.9. The maximum Gasteiger partial charge on any atom is 0.250 e. The summed E-state index contributed by atoms with van der Waals surface area (Å²) >= 11 is 0. The van der Waals surface area contributed by atoms with E-state index in [1.54, 1.807) is 6.07 Å². The van der Waals surface area contributed by atoms with Crippen molar-refractivity contribution < 1.29 is 0 Å². The highest BCUT2D eigenvalue weighted by atomic mass is 16.1. The van der Waals surface area contributed by atoms with Crippen molar-refractivity contribution in [3.63, 3.8) is 0 Å². The summed E-state index contributed by atoms with van der Waals surface area (Å²) in [5, 5.41) is 3.42. The van der Waals surface area contributed by atoms with Crippen molar-refractivity contribution in [3.05, 3.63) is 33.7 Å². The normalized spacial score (nSPS) is 14.1. The largest absolute Gasteiger partial charge is 0.315 e. The number of aromatic nitrogens is 1. The van der Waals surface area contributed by atoms with Crippen LogP contribution in [0.2, 0.25) is 0 Å². The Morgan fingerprint density at radius 2 is 2.11 bits per heavy atom. The molecule has 1 aromatic rings. The van der Waals surface area contributed by atoms with Gasteiger partial charge in [-0.15, -0.1) is 0 Å². The molecule has 4 heteroatoms. The SMILES string of the molecule is CN(C)CCCNCCn1c2c(ccc1=O)CCC2. The molecule has 0 fully saturated rings. The summed E-state index contributed by atoms with van der Waals surface area (Å²) in [7, 11) is 4.18. The van der Waals surface area contributed by atoms with E-state index in [1.807, 2.05) is 10.6 Å². The molecule has 4 nitrogen and oxygen atoms in total. The van der Waals surface area contributed by atoms with Crippen LogP contribution in [0.15, 0.2) is 16.9 Å². The molecule has 0 saturated carbocycles. The summed E-state index contributed by atoms with van der Waals surface area (Å²) in [6.07, 6.45) is 4.53. The van der Waals surface area contributed by atoms with Crippen LogP contribution in [0.3, 0.4) is 0 Å². The molecule has 1 aliphatic rings. The molecule has 0 radical (unpaired) electrons. The minimum absolute atomic E-state index is 0.149. The van der Waals surface area contributed by atoms with Crippen LogP contribution in [0.4, 0.5) is 0 Å². The molecule has 0 spiro atoms. The zero-order valence-electron chi connectivity index (χ0n) is 12.1. The fraction of sp³-hybridized carbons (Fsp3) is 0.667. The van der Waals surface area contributed by atoms with E-state index in [-0.39, 0.29) is 5.56 Å².